The maximum atomic E-state index is 12.3. The highest BCUT2D eigenvalue weighted by atomic mass is 32.2. The fourth-order valence-corrected chi connectivity index (χ4v) is 4.16. The van der Waals surface area contributed by atoms with Crippen molar-refractivity contribution in [3.8, 4) is 0 Å². The predicted molar refractivity (Wildman–Crippen MR) is 89.9 cm³/mol. The van der Waals surface area contributed by atoms with Crippen molar-refractivity contribution >= 4 is 35.2 Å². The number of thioether (sulfide) groups is 1. The number of hydrogen-bond acceptors (Lipinski definition) is 5. The van der Waals surface area contributed by atoms with Gasteiger partial charge in [0.05, 0.1) is 6.42 Å². The van der Waals surface area contributed by atoms with Gasteiger partial charge in [-0.15, -0.1) is 11.8 Å². The molecule has 0 radical (unpaired) electrons. The molecule has 2 aliphatic heterocycles. The number of fused-ring (bicyclic) bond motifs is 1. The van der Waals surface area contributed by atoms with Crippen LogP contribution in [0.25, 0.3) is 0 Å². The highest BCUT2D eigenvalue weighted by molar-refractivity contribution is 8.00. The van der Waals surface area contributed by atoms with Crippen LogP contribution in [0, 0.1) is 0 Å². The number of nitrogen functional groups attached to an aromatic ring is 1. The van der Waals surface area contributed by atoms with Crippen LogP contribution in [0.15, 0.2) is 35.5 Å². The Morgan fingerprint density at radius 3 is 2.79 bits per heavy atom. The largest absolute Gasteiger partial charge is 0.477 e. The molecule has 0 bridgehead atoms. The number of rotatable bonds is 4. The van der Waals surface area contributed by atoms with Crippen LogP contribution in [-0.4, -0.2) is 45.0 Å². The second-order valence-corrected chi connectivity index (χ2v) is 6.87. The zero-order valence-electron chi connectivity index (χ0n) is 13.0. The number of carbonyl (C=O) groups is 3. The average molecular weight is 347 g/mol. The standard InChI is InChI=1S/C16H17N3O4S/c1-8-7-24-15-12(14(21)19(15)13(8)16(22)23)18-11(20)6-9-4-2-3-5-10(9)17/h2-5,12,15H,6-7,17H2,1H3,(H,18,20)(H,22,23)/t12?,15-/m1/s1. The molecule has 2 atom stereocenters. The molecule has 2 aliphatic rings. The summed E-state index contributed by atoms with van der Waals surface area (Å²) in [5.74, 6) is -1.30. The number of carbonyl (C=O) groups excluding carboxylic acids is 2. The minimum Gasteiger partial charge on any atom is -0.477 e. The minimum atomic E-state index is -1.12. The first-order valence-electron chi connectivity index (χ1n) is 7.40. The first-order chi connectivity index (χ1) is 11.4. The number of β-lactam (4-membered cyclic amide) rings is 1. The van der Waals surface area contributed by atoms with E-state index in [1.807, 2.05) is 0 Å². The smallest absolute Gasteiger partial charge is 0.352 e. The van der Waals surface area contributed by atoms with Crippen LogP contribution in [0.2, 0.25) is 0 Å². The fourth-order valence-electron chi connectivity index (χ4n) is 2.87. The van der Waals surface area contributed by atoms with E-state index >= 15 is 0 Å². The normalized spacial score (nSPS) is 22.7. The van der Waals surface area contributed by atoms with Crippen molar-refractivity contribution in [3.63, 3.8) is 0 Å². The molecule has 24 heavy (non-hydrogen) atoms. The Morgan fingerprint density at radius 2 is 2.12 bits per heavy atom. The second kappa shape index (κ2) is 6.20. The molecule has 8 heteroatoms. The lowest BCUT2D eigenvalue weighted by atomic mass is 10.0. The average Bonchev–Trinajstić information content (AvgIpc) is 2.54. The lowest BCUT2D eigenvalue weighted by Crippen LogP contribution is -2.70. The summed E-state index contributed by atoms with van der Waals surface area (Å²) in [4.78, 5) is 37.1. The number of carboxylic acid groups (broad SMARTS) is 1. The summed E-state index contributed by atoms with van der Waals surface area (Å²) in [5, 5.41) is 11.6. The Kier molecular flexibility index (Phi) is 4.23. The number of anilines is 1. The van der Waals surface area contributed by atoms with Crippen molar-refractivity contribution < 1.29 is 19.5 Å². The van der Waals surface area contributed by atoms with Gasteiger partial charge in [-0.05, 0) is 24.1 Å². The van der Waals surface area contributed by atoms with E-state index in [4.69, 9.17) is 5.73 Å². The van der Waals surface area contributed by atoms with Crippen molar-refractivity contribution in [1.82, 2.24) is 10.2 Å². The summed E-state index contributed by atoms with van der Waals surface area (Å²) in [7, 11) is 0. The predicted octanol–water partition coefficient (Wildman–Crippen LogP) is 0.570. The van der Waals surface area contributed by atoms with Crippen LogP contribution in [0.4, 0.5) is 5.69 Å². The highest BCUT2D eigenvalue weighted by Crippen LogP contribution is 2.40. The third-order valence-corrected chi connectivity index (χ3v) is 5.51. The molecule has 0 aromatic heterocycles. The molecule has 126 valence electrons. The Labute approximate surface area is 142 Å². The van der Waals surface area contributed by atoms with E-state index in [9.17, 15) is 19.5 Å². The third-order valence-electron chi connectivity index (χ3n) is 4.08. The van der Waals surface area contributed by atoms with Gasteiger partial charge in [0, 0.05) is 11.4 Å². The zero-order valence-corrected chi connectivity index (χ0v) is 13.8. The molecule has 0 saturated carbocycles. The molecule has 2 heterocycles. The van der Waals surface area contributed by atoms with Crippen LogP contribution in [0.5, 0.6) is 0 Å². The zero-order chi connectivity index (χ0) is 17.4. The van der Waals surface area contributed by atoms with Gasteiger partial charge in [-0.2, -0.15) is 0 Å². The van der Waals surface area contributed by atoms with Gasteiger partial charge in [0.1, 0.15) is 17.1 Å². The van der Waals surface area contributed by atoms with Gasteiger partial charge in [-0.3, -0.25) is 14.5 Å². The number of carboxylic acids is 1. The molecule has 7 nitrogen and oxygen atoms in total. The molecule has 4 N–H and O–H groups in total. The van der Waals surface area contributed by atoms with Crippen molar-refractivity contribution in [2.24, 2.45) is 0 Å². The first-order valence-corrected chi connectivity index (χ1v) is 8.45. The molecular formula is C16H17N3O4S. The molecule has 0 aliphatic carbocycles. The number of benzene rings is 1. The Hall–Kier alpha value is -2.48. The lowest BCUT2D eigenvalue weighted by molar-refractivity contribution is -0.150. The first kappa shape index (κ1) is 16.4. The quantitative estimate of drug-likeness (QED) is 0.542. The van der Waals surface area contributed by atoms with Crippen LogP contribution in [0.3, 0.4) is 0 Å². The van der Waals surface area contributed by atoms with Gasteiger partial charge < -0.3 is 16.2 Å². The summed E-state index contributed by atoms with van der Waals surface area (Å²) in [6, 6.07) is 6.34. The fraction of sp³-hybridized carbons (Fsp3) is 0.312. The third kappa shape index (κ3) is 2.73. The van der Waals surface area contributed by atoms with Crippen molar-refractivity contribution in [2.45, 2.75) is 24.8 Å². The van der Waals surface area contributed by atoms with E-state index in [0.717, 1.165) is 0 Å². The Morgan fingerprint density at radius 1 is 1.42 bits per heavy atom. The van der Waals surface area contributed by atoms with E-state index < -0.39 is 17.9 Å². The molecule has 1 fully saturated rings. The molecule has 1 saturated heterocycles. The molecule has 0 spiro atoms. The van der Waals surface area contributed by atoms with Crippen LogP contribution in [0.1, 0.15) is 12.5 Å². The van der Waals surface area contributed by atoms with E-state index in [-0.39, 0.29) is 23.4 Å². The van der Waals surface area contributed by atoms with Crippen LogP contribution >= 0.6 is 11.8 Å². The monoisotopic (exact) mass is 347 g/mol. The molecular weight excluding hydrogens is 330 g/mol. The van der Waals surface area contributed by atoms with Crippen molar-refractivity contribution in [2.75, 3.05) is 11.5 Å². The summed E-state index contributed by atoms with van der Waals surface area (Å²) in [6.07, 6.45) is 0.0779. The van der Waals surface area contributed by atoms with Crippen molar-refractivity contribution in [3.05, 3.63) is 41.1 Å². The summed E-state index contributed by atoms with van der Waals surface area (Å²) in [5.41, 5.74) is 7.71. The molecule has 3 rings (SSSR count). The van der Waals surface area contributed by atoms with Gasteiger partial charge in [-0.1, -0.05) is 18.2 Å². The van der Waals surface area contributed by atoms with E-state index in [0.29, 0.717) is 22.6 Å². The minimum absolute atomic E-state index is 0.0292. The lowest BCUT2D eigenvalue weighted by Gasteiger charge is -2.49. The number of aliphatic carboxylic acids is 1. The molecule has 1 aromatic rings. The maximum absolute atomic E-state index is 12.3. The van der Waals surface area contributed by atoms with Crippen LogP contribution < -0.4 is 11.1 Å². The number of hydrogen-bond donors (Lipinski definition) is 3. The summed E-state index contributed by atoms with van der Waals surface area (Å²) >= 11 is 1.45. The van der Waals surface area contributed by atoms with E-state index in [1.54, 1.807) is 31.2 Å². The van der Waals surface area contributed by atoms with Gasteiger partial charge in [0.2, 0.25) is 5.91 Å². The number of para-hydroxylation sites is 1. The Balaban J connectivity index is 1.68. The van der Waals surface area contributed by atoms with Gasteiger partial charge in [0.15, 0.2) is 0 Å². The number of amides is 2. The van der Waals surface area contributed by atoms with Gasteiger partial charge in [0.25, 0.3) is 5.91 Å². The molecule has 1 aromatic carbocycles. The highest BCUT2D eigenvalue weighted by Gasteiger charge is 2.53. The number of nitrogens with two attached hydrogens (primary N) is 1. The summed E-state index contributed by atoms with van der Waals surface area (Å²) in [6.45, 7) is 1.70. The topological polar surface area (TPSA) is 113 Å². The Bertz CT molecular complexity index is 761. The van der Waals surface area contributed by atoms with Gasteiger partial charge in [-0.25, -0.2) is 4.79 Å². The summed E-state index contributed by atoms with van der Waals surface area (Å²) < 4.78 is 0. The SMILES string of the molecule is CC1=C(C(=O)O)N2C(=O)C(NC(=O)Cc3ccccc3N)[C@H]2SC1. The van der Waals surface area contributed by atoms with E-state index in [1.165, 1.54) is 16.7 Å². The van der Waals surface area contributed by atoms with Gasteiger partial charge >= 0.3 is 5.97 Å². The van der Waals surface area contributed by atoms with Crippen LogP contribution in [-0.2, 0) is 20.8 Å². The number of nitrogens with zero attached hydrogens (tertiary/aromatic N) is 1. The molecule has 1 unspecified atom stereocenters. The maximum Gasteiger partial charge on any atom is 0.352 e. The molecule has 2 amide bonds. The number of nitrogens with one attached hydrogen (secondary N) is 1. The van der Waals surface area contributed by atoms with Crippen molar-refractivity contribution in [1.29, 1.82) is 0 Å². The second-order valence-electron chi connectivity index (χ2n) is 5.76. The van der Waals surface area contributed by atoms with E-state index in [2.05, 4.69) is 5.32 Å².